The van der Waals surface area contributed by atoms with Gasteiger partial charge in [0, 0.05) is 18.1 Å². The summed E-state index contributed by atoms with van der Waals surface area (Å²) in [5, 5.41) is 3.43. The van der Waals surface area contributed by atoms with E-state index < -0.39 is 0 Å². The Morgan fingerprint density at radius 2 is 2.12 bits per heavy atom. The monoisotopic (exact) mass is 272 g/mol. The third-order valence-corrected chi connectivity index (χ3v) is 3.05. The zero-order valence-electron chi connectivity index (χ0n) is 8.87. The van der Waals surface area contributed by atoms with Crippen LogP contribution in [0, 0.1) is 0 Å². The first-order chi connectivity index (χ1) is 8.08. The van der Waals surface area contributed by atoms with E-state index in [0.29, 0.717) is 28.7 Å². The molecule has 2 amide bonds. The number of nitrogens with zero attached hydrogens (tertiary/aromatic N) is 1. The van der Waals surface area contributed by atoms with Crippen molar-refractivity contribution in [2.24, 2.45) is 0 Å². The van der Waals surface area contributed by atoms with E-state index in [1.807, 2.05) is 0 Å². The van der Waals surface area contributed by atoms with Crippen molar-refractivity contribution in [2.45, 2.75) is 0 Å². The number of benzene rings is 1. The number of amides is 2. The highest BCUT2D eigenvalue weighted by atomic mass is 35.5. The average Bonchev–Trinajstić information content (AvgIpc) is 2.31. The van der Waals surface area contributed by atoms with Crippen molar-refractivity contribution < 1.29 is 9.59 Å². The first kappa shape index (κ1) is 12.2. The lowest BCUT2D eigenvalue weighted by molar-refractivity contribution is -0.123. The lowest BCUT2D eigenvalue weighted by Crippen LogP contribution is -2.50. The molecule has 1 N–H and O–H groups in total. The fourth-order valence-corrected chi connectivity index (χ4v) is 2.01. The second-order valence-corrected chi connectivity index (χ2v) is 4.54. The van der Waals surface area contributed by atoms with Crippen LogP contribution in [-0.2, 0) is 4.79 Å². The molecular weight excluding hydrogens is 263 g/mol. The molecule has 6 heteroatoms. The van der Waals surface area contributed by atoms with Gasteiger partial charge < -0.3 is 10.2 Å². The van der Waals surface area contributed by atoms with Crippen LogP contribution in [0.25, 0.3) is 0 Å². The van der Waals surface area contributed by atoms with Crippen molar-refractivity contribution >= 4 is 35.0 Å². The van der Waals surface area contributed by atoms with Gasteiger partial charge in [0.15, 0.2) is 0 Å². The summed E-state index contributed by atoms with van der Waals surface area (Å²) < 4.78 is 0. The van der Waals surface area contributed by atoms with Crippen molar-refractivity contribution in [3.63, 3.8) is 0 Å². The SMILES string of the molecule is O=C1CN(C(=O)c2cc(Cl)ccc2Cl)CCN1. The minimum atomic E-state index is -0.271. The molecule has 90 valence electrons. The summed E-state index contributed by atoms with van der Waals surface area (Å²) in [6.45, 7) is 0.998. The zero-order chi connectivity index (χ0) is 12.4. The van der Waals surface area contributed by atoms with Gasteiger partial charge in [0.25, 0.3) is 5.91 Å². The molecule has 0 atom stereocenters. The molecule has 0 saturated carbocycles. The van der Waals surface area contributed by atoms with Crippen molar-refractivity contribution in [2.75, 3.05) is 19.6 Å². The zero-order valence-corrected chi connectivity index (χ0v) is 10.4. The second kappa shape index (κ2) is 4.94. The highest BCUT2D eigenvalue weighted by molar-refractivity contribution is 6.35. The van der Waals surface area contributed by atoms with Gasteiger partial charge in [0.2, 0.25) is 5.91 Å². The minimum absolute atomic E-state index is 0.0572. The Hall–Kier alpha value is -1.26. The summed E-state index contributed by atoms with van der Waals surface area (Å²) >= 11 is 11.8. The molecule has 0 aromatic heterocycles. The lowest BCUT2D eigenvalue weighted by atomic mass is 10.2. The Bertz CT molecular complexity index is 477. The van der Waals surface area contributed by atoms with Crippen LogP contribution in [0.15, 0.2) is 18.2 Å². The van der Waals surface area contributed by atoms with E-state index in [-0.39, 0.29) is 18.4 Å². The molecule has 1 aliphatic rings. The Balaban J connectivity index is 2.24. The lowest BCUT2D eigenvalue weighted by Gasteiger charge is -2.27. The number of rotatable bonds is 1. The molecule has 2 rings (SSSR count). The van der Waals surface area contributed by atoms with E-state index in [0.717, 1.165) is 0 Å². The summed E-state index contributed by atoms with van der Waals surface area (Å²) in [7, 11) is 0. The molecule has 1 aliphatic heterocycles. The molecule has 1 saturated heterocycles. The third kappa shape index (κ3) is 2.70. The van der Waals surface area contributed by atoms with Crippen LogP contribution in [0.1, 0.15) is 10.4 Å². The Labute approximate surface area is 108 Å². The van der Waals surface area contributed by atoms with Crippen molar-refractivity contribution in [3.05, 3.63) is 33.8 Å². The number of hydrogen-bond donors (Lipinski definition) is 1. The van der Waals surface area contributed by atoms with E-state index in [4.69, 9.17) is 23.2 Å². The predicted molar refractivity (Wildman–Crippen MR) is 65.4 cm³/mol. The van der Waals surface area contributed by atoms with Gasteiger partial charge in [-0.25, -0.2) is 0 Å². The topological polar surface area (TPSA) is 49.4 Å². The summed E-state index contributed by atoms with van der Waals surface area (Å²) in [6, 6.07) is 4.70. The molecule has 4 nitrogen and oxygen atoms in total. The summed E-state index contributed by atoms with van der Waals surface area (Å²) in [6.07, 6.45) is 0. The van der Waals surface area contributed by atoms with Gasteiger partial charge in [-0.1, -0.05) is 23.2 Å². The first-order valence-electron chi connectivity index (χ1n) is 5.09. The quantitative estimate of drug-likeness (QED) is 0.844. The van der Waals surface area contributed by atoms with E-state index in [2.05, 4.69) is 5.32 Å². The number of nitrogens with one attached hydrogen (secondary N) is 1. The molecule has 1 aromatic rings. The first-order valence-corrected chi connectivity index (χ1v) is 5.84. The maximum Gasteiger partial charge on any atom is 0.255 e. The van der Waals surface area contributed by atoms with Crippen LogP contribution >= 0.6 is 23.2 Å². The number of hydrogen-bond acceptors (Lipinski definition) is 2. The number of carbonyl (C=O) groups is 2. The van der Waals surface area contributed by atoms with Crippen molar-refractivity contribution in [1.29, 1.82) is 0 Å². The normalized spacial score (nSPS) is 15.6. The fraction of sp³-hybridized carbons (Fsp3) is 0.273. The van der Waals surface area contributed by atoms with Crippen LogP contribution < -0.4 is 5.32 Å². The molecule has 1 aromatic carbocycles. The van der Waals surface area contributed by atoms with Crippen LogP contribution in [0.5, 0.6) is 0 Å². The largest absolute Gasteiger partial charge is 0.353 e. The molecule has 0 bridgehead atoms. The maximum atomic E-state index is 12.1. The molecule has 0 aliphatic carbocycles. The summed E-state index contributed by atoms with van der Waals surface area (Å²) in [5.41, 5.74) is 0.328. The predicted octanol–water partition coefficient (Wildman–Crippen LogP) is 1.57. The van der Waals surface area contributed by atoms with E-state index in [1.165, 1.54) is 11.0 Å². The van der Waals surface area contributed by atoms with E-state index >= 15 is 0 Å². The Morgan fingerprint density at radius 1 is 1.35 bits per heavy atom. The number of halogens is 2. The number of carbonyl (C=O) groups excluding carboxylic acids is 2. The van der Waals surface area contributed by atoms with Gasteiger partial charge in [-0.2, -0.15) is 0 Å². The number of piperazine rings is 1. The molecule has 1 fully saturated rings. The van der Waals surface area contributed by atoms with Gasteiger partial charge in [-0.3, -0.25) is 9.59 Å². The highest BCUT2D eigenvalue weighted by Gasteiger charge is 2.23. The third-order valence-electron chi connectivity index (χ3n) is 2.48. The van der Waals surface area contributed by atoms with Crippen LogP contribution in [-0.4, -0.2) is 36.3 Å². The highest BCUT2D eigenvalue weighted by Crippen LogP contribution is 2.22. The molecule has 0 unspecified atom stereocenters. The Morgan fingerprint density at radius 3 is 2.82 bits per heavy atom. The average molecular weight is 273 g/mol. The summed E-state index contributed by atoms with van der Waals surface area (Å²) in [4.78, 5) is 24.8. The van der Waals surface area contributed by atoms with E-state index in [9.17, 15) is 9.59 Å². The second-order valence-electron chi connectivity index (χ2n) is 3.70. The van der Waals surface area contributed by atoms with Crippen LogP contribution in [0.2, 0.25) is 10.0 Å². The van der Waals surface area contributed by atoms with Crippen molar-refractivity contribution in [3.8, 4) is 0 Å². The van der Waals surface area contributed by atoms with Gasteiger partial charge in [0.1, 0.15) is 0 Å². The Kier molecular flexibility index (Phi) is 3.54. The van der Waals surface area contributed by atoms with E-state index in [1.54, 1.807) is 12.1 Å². The van der Waals surface area contributed by atoms with Crippen LogP contribution in [0.3, 0.4) is 0 Å². The van der Waals surface area contributed by atoms with Gasteiger partial charge >= 0.3 is 0 Å². The molecular formula is C11H10Cl2N2O2. The van der Waals surface area contributed by atoms with Crippen molar-refractivity contribution in [1.82, 2.24) is 10.2 Å². The van der Waals surface area contributed by atoms with Gasteiger partial charge in [-0.05, 0) is 18.2 Å². The van der Waals surface area contributed by atoms with Gasteiger partial charge in [0.05, 0.1) is 17.1 Å². The smallest absolute Gasteiger partial charge is 0.255 e. The molecule has 17 heavy (non-hydrogen) atoms. The fourth-order valence-electron chi connectivity index (χ4n) is 1.64. The minimum Gasteiger partial charge on any atom is -0.353 e. The standard InChI is InChI=1S/C11H10Cl2N2O2/c12-7-1-2-9(13)8(5-7)11(17)15-4-3-14-10(16)6-15/h1-2,5H,3-4,6H2,(H,14,16). The van der Waals surface area contributed by atoms with Gasteiger partial charge in [-0.15, -0.1) is 0 Å². The molecule has 0 radical (unpaired) electrons. The summed E-state index contributed by atoms with van der Waals surface area (Å²) in [5.74, 6) is -0.435. The van der Waals surface area contributed by atoms with Crippen LogP contribution in [0.4, 0.5) is 0 Å². The maximum absolute atomic E-state index is 12.1. The molecule has 0 spiro atoms. The molecule has 1 heterocycles.